The fraction of sp³-hybridized carbons (Fsp3) is 0.684. The zero-order valence-corrected chi connectivity index (χ0v) is 17.2. The molecule has 142 valence electrons. The van der Waals surface area contributed by atoms with Crippen molar-refractivity contribution in [2.45, 2.75) is 56.3 Å². The second-order valence-electron chi connectivity index (χ2n) is 6.72. The van der Waals surface area contributed by atoms with Gasteiger partial charge in [-0.2, -0.15) is 0 Å². The minimum atomic E-state index is -1.84. The number of aliphatic hydroxyl groups excluding tert-OH is 1. The van der Waals surface area contributed by atoms with E-state index in [1.54, 1.807) is 12.1 Å². The maximum absolute atomic E-state index is 14.4. The number of halogens is 3. The highest BCUT2D eigenvalue weighted by molar-refractivity contribution is 9.09. The van der Waals surface area contributed by atoms with Crippen molar-refractivity contribution in [1.82, 2.24) is 5.32 Å². The standard InChI is InChI=1S/C19H29BrClFN2O/c1-2-3-4-5-18(25)17-14-23-12-13-24(17)16-8-6-15(7-9-16)19(21,22)10-11-20/h6-9,17-18,23,25H,2-5,10-14H2,1H3. The van der Waals surface area contributed by atoms with E-state index in [1.165, 1.54) is 0 Å². The van der Waals surface area contributed by atoms with Crippen LogP contribution in [0, 0.1) is 0 Å². The first-order valence-corrected chi connectivity index (χ1v) is 10.7. The molecule has 1 aliphatic rings. The van der Waals surface area contributed by atoms with Crippen molar-refractivity contribution in [3.63, 3.8) is 0 Å². The topological polar surface area (TPSA) is 35.5 Å². The van der Waals surface area contributed by atoms with Gasteiger partial charge in [-0.1, -0.05) is 65.8 Å². The van der Waals surface area contributed by atoms with Crippen LogP contribution in [0.25, 0.3) is 0 Å². The Morgan fingerprint density at radius 2 is 2.12 bits per heavy atom. The van der Waals surface area contributed by atoms with Gasteiger partial charge in [0.25, 0.3) is 0 Å². The molecule has 1 aromatic rings. The zero-order chi connectivity index (χ0) is 18.3. The summed E-state index contributed by atoms with van der Waals surface area (Å²) in [4.78, 5) is 2.23. The summed E-state index contributed by atoms with van der Waals surface area (Å²) in [5, 5.41) is 12.7. The van der Waals surface area contributed by atoms with Crippen LogP contribution in [0.4, 0.5) is 10.1 Å². The van der Waals surface area contributed by atoms with Crippen LogP contribution in [0.2, 0.25) is 0 Å². The summed E-state index contributed by atoms with van der Waals surface area (Å²) in [6, 6.07) is 7.39. The molecule has 2 rings (SSSR count). The molecular weight excluding hydrogens is 407 g/mol. The van der Waals surface area contributed by atoms with Crippen LogP contribution < -0.4 is 10.2 Å². The van der Waals surface area contributed by atoms with Crippen molar-refractivity contribution < 1.29 is 9.50 Å². The van der Waals surface area contributed by atoms with Gasteiger partial charge in [0.05, 0.1) is 12.1 Å². The first-order chi connectivity index (χ1) is 12.0. The van der Waals surface area contributed by atoms with Crippen LogP contribution in [0.3, 0.4) is 0 Å². The van der Waals surface area contributed by atoms with Gasteiger partial charge in [-0.05, 0) is 18.6 Å². The van der Waals surface area contributed by atoms with Crippen LogP contribution in [0.15, 0.2) is 24.3 Å². The van der Waals surface area contributed by atoms with Gasteiger partial charge >= 0.3 is 0 Å². The van der Waals surface area contributed by atoms with Crippen molar-refractivity contribution in [2.75, 3.05) is 29.9 Å². The zero-order valence-electron chi connectivity index (χ0n) is 14.9. The number of hydrogen-bond donors (Lipinski definition) is 2. The fourth-order valence-electron chi connectivity index (χ4n) is 3.35. The van der Waals surface area contributed by atoms with E-state index in [-0.39, 0.29) is 18.6 Å². The normalized spacial score (nSPS) is 21.8. The Bertz CT molecular complexity index is 515. The molecule has 2 N–H and O–H groups in total. The Balaban J connectivity index is 2.08. The van der Waals surface area contributed by atoms with E-state index in [0.29, 0.717) is 10.9 Å². The molecule has 3 nitrogen and oxygen atoms in total. The highest BCUT2D eigenvalue weighted by Crippen LogP contribution is 2.36. The third-order valence-corrected chi connectivity index (χ3v) is 5.66. The molecule has 0 amide bonds. The Kier molecular flexibility index (Phi) is 8.46. The summed E-state index contributed by atoms with van der Waals surface area (Å²) < 4.78 is 14.4. The molecule has 25 heavy (non-hydrogen) atoms. The predicted octanol–water partition coefficient (Wildman–Crippen LogP) is 4.55. The molecule has 0 aromatic heterocycles. The maximum atomic E-state index is 14.4. The summed E-state index contributed by atoms with van der Waals surface area (Å²) in [6.07, 6.45) is 4.02. The largest absolute Gasteiger partial charge is 0.391 e. The number of aliphatic hydroxyl groups is 1. The summed E-state index contributed by atoms with van der Waals surface area (Å²) in [5.74, 6) is 0. The second-order valence-corrected chi connectivity index (χ2v) is 8.11. The molecule has 1 fully saturated rings. The maximum Gasteiger partial charge on any atom is 0.209 e. The van der Waals surface area contributed by atoms with E-state index in [9.17, 15) is 9.50 Å². The Hall–Kier alpha value is -0.360. The molecule has 0 aliphatic carbocycles. The van der Waals surface area contributed by atoms with E-state index in [0.717, 1.165) is 51.0 Å². The van der Waals surface area contributed by atoms with Gasteiger partial charge in [0.2, 0.25) is 5.13 Å². The summed E-state index contributed by atoms with van der Waals surface area (Å²) >= 11 is 9.23. The number of unbranched alkanes of at least 4 members (excludes halogenated alkanes) is 2. The lowest BCUT2D eigenvalue weighted by Gasteiger charge is -2.40. The third kappa shape index (κ3) is 5.81. The third-order valence-electron chi connectivity index (χ3n) is 4.86. The summed E-state index contributed by atoms with van der Waals surface area (Å²) in [6.45, 7) is 4.64. The lowest BCUT2D eigenvalue weighted by Crippen LogP contribution is -2.56. The minimum Gasteiger partial charge on any atom is -0.391 e. The molecule has 3 atom stereocenters. The lowest BCUT2D eigenvalue weighted by molar-refractivity contribution is 0.121. The molecule has 1 heterocycles. The number of anilines is 1. The number of piperazine rings is 1. The SMILES string of the molecule is CCCCCC(O)C1CNCCN1c1ccc(C(F)(Cl)CCBr)cc1. The van der Waals surface area contributed by atoms with Gasteiger partial charge < -0.3 is 15.3 Å². The summed E-state index contributed by atoms with van der Waals surface area (Å²) in [7, 11) is 0. The number of hydrogen-bond acceptors (Lipinski definition) is 3. The number of benzene rings is 1. The van der Waals surface area contributed by atoms with Crippen LogP contribution >= 0.6 is 27.5 Å². The van der Waals surface area contributed by atoms with Gasteiger partial charge in [0.15, 0.2) is 0 Å². The Morgan fingerprint density at radius 1 is 1.40 bits per heavy atom. The van der Waals surface area contributed by atoms with Crippen molar-refractivity contribution in [3.8, 4) is 0 Å². The first kappa shape index (κ1) is 20.9. The highest BCUT2D eigenvalue weighted by atomic mass is 79.9. The average molecular weight is 436 g/mol. The van der Waals surface area contributed by atoms with Gasteiger partial charge in [-0.3, -0.25) is 0 Å². The van der Waals surface area contributed by atoms with Crippen molar-refractivity contribution in [3.05, 3.63) is 29.8 Å². The smallest absolute Gasteiger partial charge is 0.209 e. The molecule has 0 bridgehead atoms. The van der Waals surface area contributed by atoms with Crippen LogP contribution in [0.1, 0.15) is 44.6 Å². The van der Waals surface area contributed by atoms with Crippen LogP contribution in [-0.4, -0.2) is 42.2 Å². The number of nitrogens with one attached hydrogen (secondary N) is 1. The summed E-state index contributed by atoms with van der Waals surface area (Å²) in [5.41, 5.74) is 1.49. The quantitative estimate of drug-likeness (QED) is 0.441. The van der Waals surface area contributed by atoms with E-state index in [1.807, 2.05) is 12.1 Å². The van der Waals surface area contributed by atoms with Crippen molar-refractivity contribution in [2.24, 2.45) is 0 Å². The van der Waals surface area contributed by atoms with Gasteiger partial charge in [0, 0.05) is 42.6 Å². The molecule has 0 radical (unpaired) electrons. The predicted molar refractivity (Wildman–Crippen MR) is 108 cm³/mol. The molecular formula is C19H29BrClFN2O. The van der Waals surface area contributed by atoms with Crippen LogP contribution in [-0.2, 0) is 5.13 Å². The highest BCUT2D eigenvalue weighted by Gasteiger charge is 2.30. The second kappa shape index (κ2) is 10.1. The Morgan fingerprint density at radius 3 is 2.76 bits per heavy atom. The van der Waals surface area contributed by atoms with Gasteiger partial charge in [0.1, 0.15) is 0 Å². The number of nitrogens with zero attached hydrogens (tertiary/aromatic N) is 1. The molecule has 1 aliphatic heterocycles. The number of alkyl halides is 3. The fourth-order valence-corrected chi connectivity index (χ4v) is 4.34. The molecule has 6 heteroatoms. The van der Waals surface area contributed by atoms with Crippen molar-refractivity contribution >= 4 is 33.2 Å². The molecule has 1 aromatic carbocycles. The average Bonchev–Trinajstić information content (AvgIpc) is 2.62. The molecule has 0 spiro atoms. The molecule has 3 unspecified atom stereocenters. The lowest BCUT2D eigenvalue weighted by atomic mass is 9.99. The van der Waals surface area contributed by atoms with E-state index in [2.05, 4.69) is 33.1 Å². The first-order valence-electron chi connectivity index (χ1n) is 9.19. The van der Waals surface area contributed by atoms with E-state index >= 15 is 0 Å². The van der Waals surface area contributed by atoms with E-state index in [4.69, 9.17) is 11.6 Å². The van der Waals surface area contributed by atoms with Gasteiger partial charge in [-0.25, -0.2) is 4.39 Å². The van der Waals surface area contributed by atoms with Crippen LogP contribution in [0.5, 0.6) is 0 Å². The minimum absolute atomic E-state index is 0.0464. The monoisotopic (exact) mass is 434 g/mol. The molecule has 0 saturated carbocycles. The van der Waals surface area contributed by atoms with E-state index < -0.39 is 5.13 Å². The van der Waals surface area contributed by atoms with Gasteiger partial charge in [-0.15, -0.1) is 0 Å². The number of rotatable bonds is 9. The van der Waals surface area contributed by atoms with Crippen molar-refractivity contribution in [1.29, 1.82) is 0 Å². The Labute approximate surface area is 164 Å². The molecule has 1 saturated heterocycles.